The Kier molecular flexibility index (Phi) is 33.8. The molecule has 0 heterocycles. The van der Waals surface area contributed by atoms with Crippen molar-refractivity contribution < 1.29 is 59.9 Å². The molecule has 0 radical (unpaired) electrons. The third-order valence-electron chi connectivity index (χ3n) is 10.1. The van der Waals surface area contributed by atoms with Crippen molar-refractivity contribution in [1.29, 1.82) is 0 Å². The van der Waals surface area contributed by atoms with E-state index in [-0.39, 0.29) is 87.2 Å². The SMILES string of the molecule is CC(C)C(=O)c1ccc(Cl)c(Cl)c1.CC(C)C(=O)c1ccc(Cl)cc1.CC(C)C(=O)c1ccc(Cl)cc1F.CC(C)C(=O)c1ccc(F)cc1.CC(C)C(=O)c1ccc(F)cc1F.CC(C)C(=O)c1ccccc1.O=C(F)F. The van der Waals surface area contributed by atoms with Crippen LogP contribution >= 0.6 is 46.4 Å². The van der Waals surface area contributed by atoms with Crippen molar-refractivity contribution in [2.75, 3.05) is 0 Å². The number of Topliss-reactive ketones (excluding diaryl/α,β-unsaturated/α-hetero) is 6. The zero-order chi connectivity index (χ0) is 60.1. The van der Waals surface area contributed by atoms with Gasteiger partial charge in [-0.3, -0.25) is 28.8 Å². The lowest BCUT2D eigenvalue weighted by Gasteiger charge is -2.04. The van der Waals surface area contributed by atoms with Crippen LogP contribution in [0.15, 0.2) is 133 Å². The summed E-state index contributed by atoms with van der Waals surface area (Å²) in [5.74, 6) is -2.71. The minimum atomic E-state index is -2.83. The molecule has 78 heavy (non-hydrogen) atoms. The Hall–Kier alpha value is -6.25. The Morgan fingerprint density at radius 1 is 0.321 bits per heavy atom. The zero-order valence-electron chi connectivity index (χ0n) is 45.3. The van der Waals surface area contributed by atoms with E-state index in [2.05, 4.69) is 0 Å². The number of ketones is 6. The maximum atomic E-state index is 13.2. The summed E-state index contributed by atoms with van der Waals surface area (Å²) in [5.41, 5.74) is 2.79. The van der Waals surface area contributed by atoms with Crippen molar-refractivity contribution in [2.24, 2.45) is 35.5 Å². The van der Waals surface area contributed by atoms with Crippen LogP contribution < -0.4 is 0 Å². The Balaban J connectivity index is 0.000000900. The van der Waals surface area contributed by atoms with Crippen LogP contribution in [0.3, 0.4) is 0 Å². The minimum absolute atomic E-state index is 0.0164. The summed E-state index contributed by atoms with van der Waals surface area (Å²) in [7, 11) is 0. The molecular weight excluding hydrogens is 1100 g/mol. The van der Waals surface area contributed by atoms with Crippen molar-refractivity contribution in [3.8, 4) is 0 Å². The van der Waals surface area contributed by atoms with Crippen LogP contribution in [-0.2, 0) is 0 Å². The van der Waals surface area contributed by atoms with Crippen molar-refractivity contribution in [3.05, 3.63) is 210 Å². The zero-order valence-corrected chi connectivity index (χ0v) is 48.3. The molecule has 6 rings (SSSR count). The maximum absolute atomic E-state index is 13.2. The maximum Gasteiger partial charge on any atom is 0.483 e. The van der Waals surface area contributed by atoms with E-state index in [9.17, 15) is 55.1 Å². The highest BCUT2D eigenvalue weighted by atomic mass is 35.5. The van der Waals surface area contributed by atoms with Gasteiger partial charge in [0.2, 0.25) is 0 Å². The van der Waals surface area contributed by atoms with E-state index in [1.807, 2.05) is 85.7 Å². The predicted octanol–water partition coefficient (Wildman–Crippen LogP) is 19.4. The summed E-state index contributed by atoms with van der Waals surface area (Å²) < 4.78 is 70.4. The van der Waals surface area contributed by atoms with Gasteiger partial charge in [0.25, 0.3) is 0 Å². The molecule has 0 aromatic heterocycles. The first-order chi connectivity index (χ1) is 36.2. The first-order valence-electron chi connectivity index (χ1n) is 24.2. The topological polar surface area (TPSA) is 119 Å². The number of benzene rings is 6. The van der Waals surface area contributed by atoms with Crippen molar-refractivity contribution in [2.45, 2.75) is 83.1 Å². The fourth-order valence-corrected chi connectivity index (χ4v) is 6.40. The van der Waals surface area contributed by atoms with E-state index in [1.54, 1.807) is 70.2 Å². The number of hydrogen-bond acceptors (Lipinski definition) is 7. The number of carbonyl (C=O) groups excluding carboxylic acids is 7. The monoisotopic (exact) mass is 1160 g/mol. The molecule has 0 aliphatic carbocycles. The lowest BCUT2D eigenvalue weighted by atomic mass is 10.0. The third-order valence-corrected chi connectivity index (χ3v) is 11.3. The highest BCUT2D eigenvalue weighted by Crippen LogP contribution is 2.24. The third kappa shape index (κ3) is 27.9. The lowest BCUT2D eigenvalue weighted by molar-refractivity contribution is 0.0927. The first-order valence-corrected chi connectivity index (χ1v) is 25.8. The van der Waals surface area contributed by atoms with Gasteiger partial charge < -0.3 is 0 Å². The molecule has 0 amide bonds. The molecule has 0 aliphatic rings. The Labute approximate surface area is 473 Å². The molecule has 0 fully saturated rings. The highest BCUT2D eigenvalue weighted by Gasteiger charge is 2.17. The van der Waals surface area contributed by atoms with Crippen LogP contribution in [0.4, 0.5) is 31.1 Å². The molecule has 7 nitrogen and oxygen atoms in total. The van der Waals surface area contributed by atoms with Gasteiger partial charge in [0, 0.05) is 73.9 Å². The van der Waals surface area contributed by atoms with Gasteiger partial charge in [-0.25, -0.2) is 22.4 Å². The van der Waals surface area contributed by atoms with Gasteiger partial charge in [-0.05, 0) is 97.1 Å². The summed E-state index contributed by atoms with van der Waals surface area (Å²) >= 11 is 22.7. The quantitative estimate of drug-likeness (QED) is 0.0680. The van der Waals surface area contributed by atoms with E-state index < -0.39 is 23.7 Å². The van der Waals surface area contributed by atoms with E-state index in [0.29, 0.717) is 31.2 Å². The molecule has 6 aromatic rings. The Bertz CT molecular complexity index is 2760. The number of hydrogen-bond donors (Lipinski definition) is 0. The average molecular weight is 1160 g/mol. The summed E-state index contributed by atoms with van der Waals surface area (Å²) in [6.07, 6.45) is -2.83. The van der Waals surface area contributed by atoms with Crippen LogP contribution in [0.1, 0.15) is 145 Å². The fourth-order valence-electron chi connectivity index (χ4n) is 5.81. The fraction of sp³-hybridized carbons (Fsp3) is 0.295. The number of halogens is 10. The highest BCUT2D eigenvalue weighted by molar-refractivity contribution is 6.42. The molecule has 0 aliphatic heterocycles. The molecule has 0 unspecified atom stereocenters. The molecule has 17 heteroatoms. The summed E-state index contributed by atoms with van der Waals surface area (Å²) in [5, 5.41) is 1.86. The molecule has 0 atom stereocenters. The summed E-state index contributed by atoms with van der Waals surface area (Å²) in [6.45, 7) is 21.8. The molecule has 6 aromatic carbocycles. The van der Waals surface area contributed by atoms with Crippen molar-refractivity contribution in [1.82, 2.24) is 0 Å². The Morgan fingerprint density at radius 3 is 0.987 bits per heavy atom. The van der Waals surface area contributed by atoms with Gasteiger partial charge >= 0.3 is 6.29 Å². The molecule has 0 bridgehead atoms. The van der Waals surface area contributed by atoms with Crippen LogP contribution in [-0.4, -0.2) is 41.0 Å². The Morgan fingerprint density at radius 2 is 0.628 bits per heavy atom. The summed E-state index contributed by atoms with van der Waals surface area (Å²) in [4.78, 5) is 76.4. The second kappa shape index (κ2) is 36.8. The van der Waals surface area contributed by atoms with Crippen molar-refractivity contribution in [3.63, 3.8) is 0 Å². The lowest BCUT2D eigenvalue weighted by Crippen LogP contribution is -2.09. The molecule has 0 N–H and O–H groups in total. The van der Waals surface area contributed by atoms with Gasteiger partial charge in [-0.15, -0.1) is 8.78 Å². The largest absolute Gasteiger partial charge is 0.483 e. The standard InChI is InChI=1S/C10H10Cl2O.C10H10ClFO.C10H11ClO.C10H10F2O.C10H11FO.C10H12O.CF2O/c1-6(2)10(13)7-3-4-8(11)9(12)5-7;1-6(2)10(13)8-4-3-7(11)5-9(8)12;1-7(2)10(12)8-3-5-9(11)6-4-8;1-6(2)10(13)8-4-3-7(11)5-9(8)12;1-7(2)10(12)8-3-5-9(11)6-4-8;1-8(2)10(11)9-6-4-3-5-7-9;2-1(3)4/h2*3-6H,1-2H3;3-7H,1-2H3;3-6H,1-2H3;3-7H,1-2H3;3-8H,1-2H3;. The van der Waals surface area contributed by atoms with E-state index in [0.717, 1.165) is 29.3 Å². The summed E-state index contributed by atoms with van der Waals surface area (Å²) in [6, 6.07) is 34.0. The van der Waals surface area contributed by atoms with Crippen LogP contribution in [0.25, 0.3) is 0 Å². The van der Waals surface area contributed by atoms with E-state index >= 15 is 0 Å². The number of carbonyl (C=O) groups is 7. The molecule has 0 spiro atoms. The predicted molar refractivity (Wildman–Crippen MR) is 301 cm³/mol. The van der Waals surface area contributed by atoms with Gasteiger partial charge in [-0.1, -0.05) is 160 Å². The van der Waals surface area contributed by atoms with Gasteiger partial charge in [0.05, 0.1) is 21.2 Å². The van der Waals surface area contributed by atoms with Gasteiger partial charge in [0.1, 0.15) is 23.3 Å². The van der Waals surface area contributed by atoms with Crippen LogP contribution in [0, 0.1) is 58.8 Å². The molecular formula is C61H64Cl4F6O7. The molecule has 0 saturated heterocycles. The van der Waals surface area contributed by atoms with E-state index in [4.69, 9.17) is 51.2 Å². The van der Waals surface area contributed by atoms with Crippen molar-refractivity contribution >= 4 is 87.4 Å². The normalized spacial score (nSPS) is 10.2. The number of rotatable bonds is 12. The second-order valence-corrected chi connectivity index (χ2v) is 20.3. The molecule has 0 saturated carbocycles. The smallest absolute Gasteiger partial charge is 0.294 e. The van der Waals surface area contributed by atoms with Crippen LogP contribution in [0.2, 0.25) is 20.1 Å². The van der Waals surface area contributed by atoms with Crippen LogP contribution in [0.5, 0.6) is 0 Å². The average Bonchev–Trinajstić information content (AvgIpc) is 3.37. The minimum Gasteiger partial charge on any atom is -0.294 e. The first kappa shape index (κ1) is 71.8. The molecule has 420 valence electrons. The van der Waals surface area contributed by atoms with E-state index in [1.165, 1.54) is 42.5 Å². The second-order valence-electron chi connectivity index (χ2n) is 18.6. The van der Waals surface area contributed by atoms with Gasteiger partial charge in [0.15, 0.2) is 34.7 Å². The van der Waals surface area contributed by atoms with Gasteiger partial charge in [-0.2, -0.15) is 0 Å².